The molecular formula is C18H24F2N2O2. The number of nitrogens with one attached hydrogen (secondary N) is 2. The van der Waals surface area contributed by atoms with Crippen LogP contribution >= 0.6 is 0 Å². The SMILES string of the molecule is COc1ccc2c(c1)NC(=O)C(C(F)(F)CCCC[C@@H]1CC1C)N2. The van der Waals surface area contributed by atoms with Gasteiger partial charge < -0.3 is 15.4 Å². The van der Waals surface area contributed by atoms with E-state index in [1.807, 2.05) is 0 Å². The van der Waals surface area contributed by atoms with Crippen LogP contribution < -0.4 is 15.4 Å². The molecule has 0 saturated heterocycles. The minimum absolute atomic E-state index is 0.273. The molecule has 1 amide bonds. The molecule has 1 aromatic carbocycles. The van der Waals surface area contributed by atoms with Gasteiger partial charge in [-0.3, -0.25) is 4.79 Å². The maximum absolute atomic E-state index is 14.5. The lowest BCUT2D eigenvalue weighted by atomic mass is 9.98. The molecule has 1 heterocycles. The van der Waals surface area contributed by atoms with Gasteiger partial charge in [0.15, 0.2) is 6.04 Å². The fourth-order valence-electron chi connectivity index (χ4n) is 3.32. The van der Waals surface area contributed by atoms with E-state index in [-0.39, 0.29) is 6.42 Å². The topological polar surface area (TPSA) is 50.4 Å². The van der Waals surface area contributed by atoms with E-state index in [9.17, 15) is 13.6 Å². The van der Waals surface area contributed by atoms with E-state index in [1.165, 1.54) is 13.5 Å². The highest BCUT2D eigenvalue weighted by Crippen LogP contribution is 2.42. The van der Waals surface area contributed by atoms with Gasteiger partial charge in [0.2, 0.25) is 0 Å². The molecule has 4 nitrogen and oxygen atoms in total. The average Bonchev–Trinajstić information content (AvgIpc) is 3.25. The van der Waals surface area contributed by atoms with Crippen LogP contribution in [0, 0.1) is 11.8 Å². The normalized spacial score (nSPS) is 25.5. The van der Waals surface area contributed by atoms with Crippen LogP contribution in [0.1, 0.15) is 39.0 Å². The number of methoxy groups -OCH3 is 1. The van der Waals surface area contributed by atoms with Crippen LogP contribution in [-0.4, -0.2) is 25.0 Å². The zero-order valence-corrected chi connectivity index (χ0v) is 14.1. The summed E-state index contributed by atoms with van der Waals surface area (Å²) in [5, 5.41) is 5.24. The zero-order chi connectivity index (χ0) is 17.3. The molecule has 1 aromatic rings. The minimum Gasteiger partial charge on any atom is -0.497 e. The third-order valence-electron chi connectivity index (χ3n) is 5.08. The highest BCUT2D eigenvalue weighted by Gasteiger charge is 2.46. The summed E-state index contributed by atoms with van der Waals surface area (Å²) in [4.78, 5) is 12.1. The number of anilines is 2. The summed E-state index contributed by atoms with van der Waals surface area (Å²) in [6.45, 7) is 2.20. The highest BCUT2D eigenvalue weighted by atomic mass is 19.3. The molecule has 0 spiro atoms. The van der Waals surface area contributed by atoms with Crippen molar-refractivity contribution >= 4 is 17.3 Å². The van der Waals surface area contributed by atoms with Crippen molar-refractivity contribution in [3.8, 4) is 5.75 Å². The second-order valence-corrected chi connectivity index (χ2v) is 6.96. The van der Waals surface area contributed by atoms with E-state index in [1.54, 1.807) is 18.2 Å². The maximum atomic E-state index is 14.5. The quantitative estimate of drug-likeness (QED) is 0.730. The molecule has 2 N–H and O–H groups in total. The van der Waals surface area contributed by atoms with E-state index in [2.05, 4.69) is 17.6 Å². The Hall–Kier alpha value is -1.85. The Bertz CT molecular complexity index is 621. The van der Waals surface area contributed by atoms with Crippen LogP contribution in [0.3, 0.4) is 0 Å². The van der Waals surface area contributed by atoms with Crippen LogP contribution in [0.5, 0.6) is 5.75 Å². The summed E-state index contributed by atoms with van der Waals surface area (Å²) in [6, 6.07) is 3.41. The number of ether oxygens (including phenoxy) is 1. The molecule has 132 valence electrons. The highest BCUT2D eigenvalue weighted by molar-refractivity contribution is 6.03. The summed E-state index contributed by atoms with van der Waals surface area (Å²) in [5.41, 5.74) is 0.959. The fourth-order valence-corrected chi connectivity index (χ4v) is 3.32. The summed E-state index contributed by atoms with van der Waals surface area (Å²) < 4.78 is 34.0. The lowest BCUT2D eigenvalue weighted by Gasteiger charge is -2.32. The summed E-state index contributed by atoms with van der Waals surface area (Å²) >= 11 is 0. The van der Waals surface area contributed by atoms with Gasteiger partial charge in [-0.1, -0.05) is 19.8 Å². The van der Waals surface area contributed by atoms with E-state index in [4.69, 9.17) is 4.74 Å². The van der Waals surface area contributed by atoms with E-state index in [0.29, 0.717) is 23.5 Å². The first-order chi connectivity index (χ1) is 11.4. The van der Waals surface area contributed by atoms with E-state index >= 15 is 0 Å². The van der Waals surface area contributed by atoms with Gasteiger partial charge in [0, 0.05) is 12.5 Å². The zero-order valence-electron chi connectivity index (χ0n) is 14.1. The molecule has 6 heteroatoms. The van der Waals surface area contributed by atoms with Gasteiger partial charge >= 0.3 is 0 Å². The van der Waals surface area contributed by atoms with Crippen molar-refractivity contribution in [1.29, 1.82) is 0 Å². The largest absolute Gasteiger partial charge is 0.497 e. The average molecular weight is 338 g/mol. The van der Waals surface area contributed by atoms with Gasteiger partial charge in [0.05, 0.1) is 18.5 Å². The smallest absolute Gasteiger partial charge is 0.276 e. The van der Waals surface area contributed by atoms with Crippen LogP contribution in [0.15, 0.2) is 18.2 Å². The predicted molar refractivity (Wildman–Crippen MR) is 89.7 cm³/mol. The standard InChI is InChI=1S/C18H24F2N2O2/c1-11-9-12(11)5-3-4-8-18(19,20)16-17(23)22-15-10-13(24-2)6-7-14(15)21-16/h6-7,10-12,16,21H,3-5,8-9H2,1-2H3,(H,22,23)/t11?,12-,16?/m1/s1. The molecule has 1 aliphatic carbocycles. The van der Waals surface area contributed by atoms with Crippen molar-refractivity contribution < 1.29 is 18.3 Å². The van der Waals surface area contributed by atoms with Crippen LogP contribution in [0.25, 0.3) is 0 Å². The molecule has 0 bridgehead atoms. The second kappa shape index (κ2) is 6.57. The van der Waals surface area contributed by atoms with Crippen molar-refractivity contribution in [2.24, 2.45) is 11.8 Å². The van der Waals surface area contributed by atoms with Crippen LogP contribution in [-0.2, 0) is 4.79 Å². The third kappa shape index (κ3) is 3.62. The van der Waals surface area contributed by atoms with Gasteiger partial charge in [-0.2, -0.15) is 0 Å². The third-order valence-corrected chi connectivity index (χ3v) is 5.08. The molecule has 1 aliphatic heterocycles. The van der Waals surface area contributed by atoms with Gasteiger partial charge in [0.1, 0.15) is 5.75 Å². The molecule has 24 heavy (non-hydrogen) atoms. The molecule has 0 aromatic heterocycles. The summed E-state index contributed by atoms with van der Waals surface area (Å²) in [6.07, 6.45) is 3.21. The number of amides is 1. The minimum atomic E-state index is -3.07. The van der Waals surface area contributed by atoms with Crippen molar-refractivity contribution in [3.63, 3.8) is 0 Å². The number of unbranched alkanes of at least 4 members (excludes halogenated alkanes) is 1. The Balaban J connectivity index is 1.59. The molecule has 3 rings (SSSR count). The number of alkyl halides is 2. The van der Waals surface area contributed by atoms with Crippen molar-refractivity contribution in [1.82, 2.24) is 0 Å². The summed E-state index contributed by atoms with van der Waals surface area (Å²) in [7, 11) is 1.51. The number of carbonyl (C=O) groups excluding carboxylic acids is 1. The molecule has 1 fully saturated rings. The van der Waals surface area contributed by atoms with Gasteiger partial charge in [-0.25, -0.2) is 8.78 Å². The Labute approximate surface area is 141 Å². The van der Waals surface area contributed by atoms with Crippen LogP contribution in [0.2, 0.25) is 0 Å². The molecule has 2 unspecified atom stereocenters. The molecule has 2 aliphatic rings. The number of hydrogen-bond acceptors (Lipinski definition) is 3. The lowest BCUT2D eigenvalue weighted by molar-refractivity contribution is -0.126. The van der Waals surface area contributed by atoms with Gasteiger partial charge in [-0.15, -0.1) is 0 Å². The monoisotopic (exact) mass is 338 g/mol. The number of fused-ring (bicyclic) bond motifs is 1. The van der Waals surface area contributed by atoms with Gasteiger partial charge in [0.25, 0.3) is 11.8 Å². The van der Waals surface area contributed by atoms with Gasteiger partial charge in [-0.05, 0) is 36.8 Å². The van der Waals surface area contributed by atoms with Crippen molar-refractivity contribution in [2.45, 2.75) is 51.0 Å². The number of halogens is 2. The predicted octanol–water partition coefficient (Wildman–Crippen LogP) is 4.28. The Morgan fingerprint density at radius 3 is 2.71 bits per heavy atom. The Morgan fingerprint density at radius 2 is 2.04 bits per heavy atom. The number of hydrogen-bond donors (Lipinski definition) is 2. The van der Waals surface area contributed by atoms with Crippen molar-refractivity contribution in [2.75, 3.05) is 17.7 Å². The van der Waals surface area contributed by atoms with Crippen molar-refractivity contribution in [3.05, 3.63) is 18.2 Å². The lowest BCUT2D eigenvalue weighted by Crippen LogP contribution is -2.51. The summed E-state index contributed by atoms with van der Waals surface area (Å²) in [5.74, 6) is -1.73. The Kier molecular flexibility index (Phi) is 4.65. The molecule has 3 atom stereocenters. The van der Waals surface area contributed by atoms with E-state index in [0.717, 1.165) is 24.7 Å². The Morgan fingerprint density at radius 1 is 1.29 bits per heavy atom. The number of carbonyl (C=O) groups is 1. The molecule has 0 radical (unpaired) electrons. The number of benzene rings is 1. The van der Waals surface area contributed by atoms with E-state index < -0.39 is 17.9 Å². The fraction of sp³-hybridized carbons (Fsp3) is 0.611. The second-order valence-electron chi connectivity index (χ2n) is 6.96. The molecular weight excluding hydrogens is 314 g/mol. The molecule has 1 saturated carbocycles. The maximum Gasteiger partial charge on any atom is 0.276 e. The first kappa shape index (κ1) is 17.0. The van der Waals surface area contributed by atoms with Crippen LogP contribution in [0.4, 0.5) is 20.2 Å². The number of rotatable bonds is 7. The first-order valence-corrected chi connectivity index (χ1v) is 8.54. The first-order valence-electron chi connectivity index (χ1n) is 8.54.